The third-order valence-corrected chi connectivity index (χ3v) is 11.5. The number of piperazine rings is 1. The number of benzene rings is 1. The van der Waals surface area contributed by atoms with Crippen molar-refractivity contribution in [2.75, 3.05) is 26.7 Å². The predicted octanol–water partition coefficient (Wildman–Crippen LogP) is 3.37. The molecule has 3 N–H and O–H groups in total. The number of aliphatic hydroxyl groups is 1. The number of carbonyl (C=O) groups excluding carboxylic acids is 2. The summed E-state index contributed by atoms with van der Waals surface area (Å²) in [4.78, 5) is 32.1. The summed E-state index contributed by atoms with van der Waals surface area (Å²) < 4.78 is 28.4. The van der Waals surface area contributed by atoms with E-state index in [4.69, 9.17) is 5.10 Å². The molecule has 2 amide bonds. The van der Waals surface area contributed by atoms with E-state index in [0.717, 1.165) is 54.7 Å². The molecule has 1 aromatic heterocycles. The van der Waals surface area contributed by atoms with E-state index in [-0.39, 0.29) is 29.1 Å². The number of hydrogen-bond donors (Lipinski definition) is 3. The molecule has 250 valence electrons. The predicted molar refractivity (Wildman–Crippen MR) is 175 cm³/mol. The molecule has 1 atom stereocenters. The molecule has 0 radical (unpaired) electrons. The van der Waals surface area contributed by atoms with Gasteiger partial charge in [0.25, 0.3) is 0 Å². The van der Waals surface area contributed by atoms with E-state index in [1.807, 2.05) is 23.4 Å². The monoisotopic (exact) mass is 664 g/mol. The standard InChI is InChI=1S/C32H48N6O5S.ClH/c1-5-6-18-37-29(39)28(21-31(41)14-8-7-9-15-31)34-30(40)32(37)16-19-36(20-17-32)22-27-23(2)35-38(24(27)3)25-10-12-26(13-11-25)44(42,43)33-4;/h10-13,28,33,41H,5-9,14-22H2,1-4H3,(H,34,40);1H/t28-;/m1./s1. The molecule has 1 aromatic carbocycles. The number of likely N-dealkylation sites (tertiary alicyclic amines) is 1. The van der Waals surface area contributed by atoms with Crippen molar-refractivity contribution in [3.05, 3.63) is 41.2 Å². The first-order chi connectivity index (χ1) is 20.9. The summed E-state index contributed by atoms with van der Waals surface area (Å²) in [5.41, 5.74) is 2.00. The van der Waals surface area contributed by atoms with Crippen LogP contribution in [0.15, 0.2) is 29.2 Å². The van der Waals surface area contributed by atoms with Crippen LogP contribution in [0.4, 0.5) is 0 Å². The molecule has 2 saturated heterocycles. The zero-order chi connectivity index (χ0) is 31.7. The van der Waals surface area contributed by atoms with E-state index >= 15 is 0 Å². The number of nitrogens with one attached hydrogen (secondary N) is 2. The number of aryl methyl sites for hydroxylation is 1. The number of rotatable bonds is 10. The first-order valence-corrected chi connectivity index (χ1v) is 17.6. The van der Waals surface area contributed by atoms with Gasteiger partial charge in [-0.3, -0.25) is 14.5 Å². The zero-order valence-corrected chi connectivity index (χ0v) is 28.6. The fourth-order valence-corrected chi connectivity index (χ4v) is 8.02. The molecule has 45 heavy (non-hydrogen) atoms. The number of amides is 2. The molecule has 3 aliphatic rings. The minimum absolute atomic E-state index is 0. The van der Waals surface area contributed by atoms with E-state index in [1.54, 1.807) is 24.3 Å². The quantitative estimate of drug-likeness (QED) is 0.354. The maximum absolute atomic E-state index is 13.9. The van der Waals surface area contributed by atoms with Crippen molar-refractivity contribution in [1.29, 1.82) is 0 Å². The number of nitrogens with zero attached hydrogens (tertiary/aromatic N) is 4. The summed E-state index contributed by atoms with van der Waals surface area (Å²) in [6.07, 6.45) is 7.54. The van der Waals surface area contributed by atoms with Crippen LogP contribution in [-0.4, -0.2) is 88.8 Å². The minimum Gasteiger partial charge on any atom is -0.390 e. The highest BCUT2D eigenvalue weighted by Crippen LogP contribution is 2.38. The molecule has 0 unspecified atom stereocenters. The van der Waals surface area contributed by atoms with Crippen LogP contribution in [0.2, 0.25) is 0 Å². The van der Waals surface area contributed by atoms with Gasteiger partial charge in [0.05, 0.1) is 21.9 Å². The largest absolute Gasteiger partial charge is 0.390 e. The van der Waals surface area contributed by atoms with Gasteiger partial charge in [0.15, 0.2) is 0 Å². The Bertz CT molecular complexity index is 1460. The van der Waals surface area contributed by atoms with Crippen molar-refractivity contribution in [2.45, 2.75) is 114 Å². The lowest BCUT2D eigenvalue weighted by atomic mass is 9.77. The summed E-state index contributed by atoms with van der Waals surface area (Å²) in [7, 11) is -2.13. The molecule has 13 heteroatoms. The fourth-order valence-electron chi connectivity index (χ4n) is 7.29. The van der Waals surface area contributed by atoms with Gasteiger partial charge in [-0.05, 0) is 77.3 Å². The van der Waals surface area contributed by atoms with Crippen molar-refractivity contribution in [2.24, 2.45) is 0 Å². The van der Waals surface area contributed by atoms with E-state index in [9.17, 15) is 23.1 Å². The Balaban J connectivity index is 0.00000461. The van der Waals surface area contributed by atoms with Crippen LogP contribution in [0.1, 0.15) is 88.1 Å². The maximum Gasteiger partial charge on any atom is 0.246 e. The van der Waals surface area contributed by atoms with Gasteiger partial charge in [-0.2, -0.15) is 5.10 Å². The third-order valence-electron chi connectivity index (χ3n) is 10.1. The molecule has 1 spiro atoms. The normalized spacial score (nSPS) is 21.9. The number of halogens is 1. The van der Waals surface area contributed by atoms with Crippen LogP contribution in [0, 0.1) is 13.8 Å². The highest BCUT2D eigenvalue weighted by molar-refractivity contribution is 7.89. The second-order valence-electron chi connectivity index (χ2n) is 12.9. The Morgan fingerprint density at radius 2 is 1.69 bits per heavy atom. The van der Waals surface area contributed by atoms with E-state index in [2.05, 4.69) is 21.9 Å². The lowest BCUT2D eigenvalue weighted by Crippen LogP contribution is -2.73. The van der Waals surface area contributed by atoms with Gasteiger partial charge in [0.2, 0.25) is 21.8 Å². The lowest BCUT2D eigenvalue weighted by molar-refractivity contribution is -0.163. The Labute approximate surface area is 273 Å². The van der Waals surface area contributed by atoms with Crippen molar-refractivity contribution in [3.63, 3.8) is 0 Å². The van der Waals surface area contributed by atoms with Gasteiger partial charge in [-0.25, -0.2) is 17.8 Å². The molecule has 2 aliphatic heterocycles. The van der Waals surface area contributed by atoms with Gasteiger partial charge in [0.1, 0.15) is 11.6 Å². The molecule has 0 bridgehead atoms. The Hall–Kier alpha value is -2.51. The summed E-state index contributed by atoms with van der Waals surface area (Å²) in [6.45, 7) is 8.63. The first kappa shape index (κ1) is 35.3. The maximum atomic E-state index is 13.9. The minimum atomic E-state index is -3.52. The van der Waals surface area contributed by atoms with Crippen LogP contribution in [0.25, 0.3) is 5.69 Å². The van der Waals surface area contributed by atoms with Crippen molar-refractivity contribution < 1.29 is 23.1 Å². The SMILES string of the molecule is CCCCN1C(=O)[C@@H](CC2(O)CCCCC2)NC(=O)C12CCN(Cc1c(C)nn(-c3ccc(S(=O)(=O)NC)cc3)c1C)CC2.Cl. The number of unbranched alkanes of at least 4 members (excludes halogenated alkanes) is 1. The highest BCUT2D eigenvalue weighted by Gasteiger charge is 2.54. The smallest absolute Gasteiger partial charge is 0.246 e. The number of sulfonamides is 1. The highest BCUT2D eigenvalue weighted by atomic mass is 35.5. The van der Waals surface area contributed by atoms with Gasteiger partial charge >= 0.3 is 0 Å². The average Bonchev–Trinajstić information content (AvgIpc) is 3.29. The molecule has 5 rings (SSSR count). The summed E-state index contributed by atoms with van der Waals surface area (Å²) in [5, 5.41) is 19.0. The summed E-state index contributed by atoms with van der Waals surface area (Å²) >= 11 is 0. The van der Waals surface area contributed by atoms with Gasteiger partial charge in [-0.1, -0.05) is 32.6 Å². The number of aromatic nitrogens is 2. The first-order valence-electron chi connectivity index (χ1n) is 16.1. The van der Waals surface area contributed by atoms with Gasteiger partial charge in [0, 0.05) is 43.9 Å². The molecular weight excluding hydrogens is 616 g/mol. The fraction of sp³-hybridized carbons (Fsp3) is 0.656. The topological polar surface area (TPSA) is 137 Å². The lowest BCUT2D eigenvalue weighted by Gasteiger charge is -2.52. The van der Waals surface area contributed by atoms with E-state index in [1.165, 1.54) is 7.05 Å². The van der Waals surface area contributed by atoms with Gasteiger partial charge in [-0.15, -0.1) is 12.4 Å². The Kier molecular flexibility index (Phi) is 11.1. The zero-order valence-electron chi connectivity index (χ0n) is 27.0. The summed E-state index contributed by atoms with van der Waals surface area (Å²) in [5.74, 6) is -0.131. The molecule has 3 fully saturated rings. The molecular formula is C32H49ClN6O5S. The molecule has 1 saturated carbocycles. The van der Waals surface area contributed by atoms with Crippen molar-refractivity contribution in [1.82, 2.24) is 29.6 Å². The molecule has 2 aromatic rings. The number of hydrogen-bond acceptors (Lipinski definition) is 7. The molecule has 11 nitrogen and oxygen atoms in total. The third kappa shape index (κ3) is 7.10. The van der Waals surface area contributed by atoms with Crippen molar-refractivity contribution in [3.8, 4) is 5.69 Å². The molecule has 3 heterocycles. The van der Waals surface area contributed by atoms with Crippen LogP contribution in [-0.2, 0) is 26.2 Å². The summed E-state index contributed by atoms with van der Waals surface area (Å²) in [6, 6.07) is 5.98. The van der Waals surface area contributed by atoms with Crippen LogP contribution >= 0.6 is 12.4 Å². The molecule has 1 aliphatic carbocycles. The number of carbonyl (C=O) groups is 2. The Morgan fingerprint density at radius 1 is 1.04 bits per heavy atom. The average molecular weight is 665 g/mol. The van der Waals surface area contributed by atoms with Gasteiger partial charge < -0.3 is 15.3 Å². The second-order valence-corrected chi connectivity index (χ2v) is 14.8. The Morgan fingerprint density at radius 3 is 2.29 bits per heavy atom. The number of piperidine rings is 1. The van der Waals surface area contributed by atoms with Crippen LogP contribution < -0.4 is 10.0 Å². The van der Waals surface area contributed by atoms with E-state index < -0.39 is 27.2 Å². The van der Waals surface area contributed by atoms with Crippen LogP contribution in [0.3, 0.4) is 0 Å². The van der Waals surface area contributed by atoms with Crippen molar-refractivity contribution >= 4 is 34.2 Å². The van der Waals surface area contributed by atoms with Crippen LogP contribution in [0.5, 0.6) is 0 Å². The second kappa shape index (κ2) is 14.1. The van der Waals surface area contributed by atoms with E-state index in [0.29, 0.717) is 58.3 Å².